The number of ether oxygens (including phenoxy) is 1. The van der Waals surface area contributed by atoms with E-state index < -0.39 is 15.6 Å². The molecule has 0 radical (unpaired) electrons. The molecule has 1 saturated heterocycles. The Morgan fingerprint density at radius 1 is 1.18 bits per heavy atom. The molecular weight excluding hydrogens is 456 g/mol. The number of nitrogens with one attached hydrogen (secondary N) is 1. The van der Waals surface area contributed by atoms with E-state index in [0.29, 0.717) is 24.5 Å². The number of sulfonamides is 1. The predicted molar refractivity (Wildman–Crippen MR) is 129 cm³/mol. The first kappa shape index (κ1) is 23.8. The maximum absolute atomic E-state index is 13.5. The van der Waals surface area contributed by atoms with Gasteiger partial charge < -0.3 is 10.1 Å². The molecule has 34 heavy (non-hydrogen) atoms. The van der Waals surface area contributed by atoms with Crippen LogP contribution < -0.4 is 15.2 Å². The van der Waals surface area contributed by atoms with E-state index in [1.165, 1.54) is 29.9 Å². The molecule has 1 atom stereocenters. The number of benzene rings is 2. The highest BCUT2D eigenvalue weighted by atomic mass is 32.2. The van der Waals surface area contributed by atoms with Gasteiger partial charge in [0.1, 0.15) is 5.69 Å². The van der Waals surface area contributed by atoms with Crippen molar-refractivity contribution in [1.82, 2.24) is 14.7 Å². The summed E-state index contributed by atoms with van der Waals surface area (Å²) in [6, 6.07) is 14.8. The van der Waals surface area contributed by atoms with Crippen LogP contribution in [0.4, 0.5) is 5.69 Å². The molecule has 9 nitrogen and oxygen atoms in total. The number of nitrogens with zero attached hydrogens (tertiary/aromatic N) is 3. The summed E-state index contributed by atoms with van der Waals surface area (Å²) in [6.45, 7) is 2.75. The van der Waals surface area contributed by atoms with Crippen LogP contribution in [0.1, 0.15) is 28.9 Å². The molecule has 1 aliphatic rings. The quantitative estimate of drug-likeness (QED) is 0.554. The summed E-state index contributed by atoms with van der Waals surface area (Å²) in [5.41, 5.74) is 0.923. The fourth-order valence-corrected chi connectivity index (χ4v) is 5.40. The summed E-state index contributed by atoms with van der Waals surface area (Å²) in [7, 11) is -1.06. The minimum atomic E-state index is -4.11. The highest BCUT2D eigenvalue weighted by molar-refractivity contribution is 7.92. The van der Waals surface area contributed by atoms with Gasteiger partial charge in [0.05, 0.1) is 22.4 Å². The third-order valence-electron chi connectivity index (χ3n) is 6.11. The zero-order valence-corrected chi connectivity index (χ0v) is 20.2. The van der Waals surface area contributed by atoms with E-state index in [4.69, 9.17) is 4.74 Å². The van der Waals surface area contributed by atoms with Crippen molar-refractivity contribution >= 4 is 21.6 Å². The summed E-state index contributed by atoms with van der Waals surface area (Å²) < 4.78 is 36.4. The third-order valence-corrected chi connectivity index (χ3v) is 7.86. The second-order valence-electron chi connectivity index (χ2n) is 8.26. The minimum absolute atomic E-state index is 0.0187. The van der Waals surface area contributed by atoms with Crippen molar-refractivity contribution in [1.29, 1.82) is 0 Å². The lowest BCUT2D eigenvalue weighted by Gasteiger charge is -2.18. The van der Waals surface area contributed by atoms with Crippen LogP contribution in [-0.2, 0) is 21.8 Å². The highest BCUT2D eigenvalue weighted by Crippen LogP contribution is 2.24. The van der Waals surface area contributed by atoms with Crippen molar-refractivity contribution < 1.29 is 17.9 Å². The largest absolute Gasteiger partial charge is 0.376 e. The molecule has 1 N–H and O–H groups in total. The van der Waals surface area contributed by atoms with E-state index in [1.807, 2.05) is 6.07 Å². The van der Waals surface area contributed by atoms with Crippen molar-refractivity contribution in [2.75, 3.05) is 24.5 Å². The van der Waals surface area contributed by atoms with Gasteiger partial charge >= 0.3 is 0 Å². The second kappa shape index (κ2) is 9.47. The molecule has 0 unspecified atom stereocenters. The molecule has 0 aliphatic carbocycles. The number of anilines is 1. The van der Waals surface area contributed by atoms with E-state index in [9.17, 15) is 18.0 Å². The topological polar surface area (TPSA) is 103 Å². The fourth-order valence-electron chi connectivity index (χ4n) is 4.11. The molecule has 1 aliphatic heterocycles. The number of rotatable bonds is 7. The Kier molecular flexibility index (Phi) is 6.63. The Hall–Kier alpha value is -3.37. The van der Waals surface area contributed by atoms with Gasteiger partial charge in [-0.05, 0) is 50.1 Å². The molecule has 4 rings (SSSR count). The summed E-state index contributed by atoms with van der Waals surface area (Å²) in [5, 5.41) is 2.80. The molecule has 2 heterocycles. The van der Waals surface area contributed by atoms with Crippen LogP contribution in [0.25, 0.3) is 5.69 Å². The van der Waals surface area contributed by atoms with Crippen LogP contribution in [0.2, 0.25) is 0 Å². The van der Waals surface area contributed by atoms with Crippen LogP contribution in [-0.4, -0.2) is 50.0 Å². The van der Waals surface area contributed by atoms with Gasteiger partial charge in [0.15, 0.2) is 0 Å². The van der Waals surface area contributed by atoms with E-state index in [-0.39, 0.29) is 28.2 Å². The maximum Gasteiger partial charge on any atom is 0.296 e. The zero-order valence-electron chi connectivity index (χ0n) is 19.4. The third kappa shape index (κ3) is 4.38. The fraction of sp³-hybridized carbons (Fsp3) is 0.333. The number of hydrogen-bond acceptors (Lipinski definition) is 5. The Labute approximate surface area is 198 Å². The Balaban J connectivity index is 1.63. The average Bonchev–Trinajstić information content (AvgIpc) is 3.44. The van der Waals surface area contributed by atoms with Crippen molar-refractivity contribution in [2.45, 2.75) is 30.8 Å². The Morgan fingerprint density at radius 3 is 2.59 bits per heavy atom. The SMILES string of the molecule is Cc1c(N(C)S(=O)(=O)c2cccc(C(=O)NC[C@H]3CCCO3)c2)c(=O)n(-c2ccccc2)n1C. The maximum atomic E-state index is 13.5. The van der Waals surface area contributed by atoms with Crippen molar-refractivity contribution in [3.63, 3.8) is 0 Å². The van der Waals surface area contributed by atoms with E-state index in [2.05, 4.69) is 5.32 Å². The number of carbonyl (C=O) groups is 1. The zero-order chi connectivity index (χ0) is 24.5. The molecule has 10 heteroatoms. The van der Waals surface area contributed by atoms with Crippen molar-refractivity contribution in [2.24, 2.45) is 7.05 Å². The Bertz CT molecular complexity index is 1360. The van der Waals surface area contributed by atoms with Crippen LogP contribution >= 0.6 is 0 Å². The van der Waals surface area contributed by atoms with Gasteiger partial charge in [-0.3, -0.25) is 18.6 Å². The second-order valence-corrected chi connectivity index (χ2v) is 10.2. The Morgan fingerprint density at radius 2 is 1.91 bits per heavy atom. The number of aromatic nitrogens is 2. The molecule has 1 aromatic heterocycles. The summed E-state index contributed by atoms with van der Waals surface area (Å²) in [4.78, 5) is 25.8. The van der Waals surface area contributed by atoms with Gasteiger partial charge in [-0.2, -0.15) is 0 Å². The van der Waals surface area contributed by atoms with E-state index in [1.54, 1.807) is 49.0 Å². The van der Waals surface area contributed by atoms with Crippen LogP contribution in [0.3, 0.4) is 0 Å². The van der Waals surface area contributed by atoms with Crippen LogP contribution in [0.15, 0.2) is 64.3 Å². The van der Waals surface area contributed by atoms with Crippen molar-refractivity contribution in [3.05, 3.63) is 76.2 Å². The summed E-state index contributed by atoms with van der Waals surface area (Å²) in [5.74, 6) is -0.377. The molecule has 1 fully saturated rings. The standard InChI is InChI=1S/C24H28N4O5S/c1-17-22(24(30)28(26(17)2)19-10-5-4-6-11-19)27(3)34(31,32)21-13-7-9-18(15-21)23(29)25-16-20-12-8-14-33-20/h4-7,9-11,13,15,20H,8,12,14,16H2,1-3H3,(H,25,29)/t20-/m1/s1. The van der Waals surface area contributed by atoms with Gasteiger partial charge in [0, 0.05) is 32.8 Å². The molecule has 0 bridgehead atoms. The number of carbonyl (C=O) groups excluding carboxylic acids is 1. The summed E-state index contributed by atoms with van der Waals surface area (Å²) >= 11 is 0. The van der Waals surface area contributed by atoms with Crippen LogP contribution in [0.5, 0.6) is 0 Å². The molecule has 3 aromatic rings. The smallest absolute Gasteiger partial charge is 0.296 e. The van der Waals surface area contributed by atoms with Gasteiger partial charge in [-0.1, -0.05) is 24.3 Å². The van der Waals surface area contributed by atoms with E-state index >= 15 is 0 Å². The monoisotopic (exact) mass is 484 g/mol. The molecule has 180 valence electrons. The lowest BCUT2D eigenvalue weighted by atomic mass is 10.2. The minimum Gasteiger partial charge on any atom is -0.376 e. The van der Waals surface area contributed by atoms with Gasteiger partial charge in [-0.25, -0.2) is 13.1 Å². The average molecular weight is 485 g/mol. The van der Waals surface area contributed by atoms with Gasteiger partial charge in [0.25, 0.3) is 21.5 Å². The summed E-state index contributed by atoms with van der Waals surface area (Å²) in [6.07, 6.45) is 1.83. The molecular formula is C24H28N4O5S. The first-order valence-electron chi connectivity index (χ1n) is 11.0. The number of para-hydroxylation sites is 1. The molecule has 1 amide bonds. The first-order chi connectivity index (χ1) is 16.2. The highest BCUT2D eigenvalue weighted by Gasteiger charge is 2.29. The van der Waals surface area contributed by atoms with Crippen molar-refractivity contribution in [3.8, 4) is 5.69 Å². The number of hydrogen-bond donors (Lipinski definition) is 1. The number of amides is 1. The van der Waals surface area contributed by atoms with E-state index in [0.717, 1.165) is 17.1 Å². The lowest BCUT2D eigenvalue weighted by molar-refractivity contribution is 0.0857. The molecule has 2 aromatic carbocycles. The molecule has 0 spiro atoms. The first-order valence-corrected chi connectivity index (χ1v) is 12.5. The van der Waals surface area contributed by atoms with Gasteiger partial charge in [0.2, 0.25) is 0 Å². The van der Waals surface area contributed by atoms with Crippen LogP contribution in [0, 0.1) is 6.92 Å². The normalized spacial score (nSPS) is 15.9. The molecule has 0 saturated carbocycles. The lowest BCUT2D eigenvalue weighted by Crippen LogP contribution is -2.33. The van der Waals surface area contributed by atoms with Gasteiger partial charge in [-0.15, -0.1) is 0 Å². The predicted octanol–water partition coefficient (Wildman–Crippen LogP) is 2.22.